The van der Waals surface area contributed by atoms with E-state index >= 15 is 0 Å². The molecule has 2 radical (unpaired) electrons. The quantitative estimate of drug-likeness (QED) is 0.623. The molecule has 0 bridgehead atoms. The van der Waals surface area contributed by atoms with Gasteiger partial charge in [0, 0.05) is 0 Å². The van der Waals surface area contributed by atoms with Gasteiger partial charge in [0.15, 0.2) is 17.4 Å². The summed E-state index contributed by atoms with van der Waals surface area (Å²) in [6, 6.07) is 2.06. The molecule has 0 unspecified atom stereocenters. The van der Waals surface area contributed by atoms with E-state index < -0.39 is 17.2 Å². The van der Waals surface area contributed by atoms with Crippen molar-refractivity contribution in [1.29, 1.82) is 0 Å². The van der Waals surface area contributed by atoms with Gasteiger partial charge in [-0.15, -0.1) is 0 Å². The van der Waals surface area contributed by atoms with Gasteiger partial charge in [-0.3, -0.25) is 0 Å². The predicted molar refractivity (Wildman–Crippen MR) is 52.1 cm³/mol. The standard InChI is InChI=1S/C10H11BF2O/c1-10(2,3)14-9-7(12)4-6(11)5-8(9)13/h4-5H,1-3H3. The molecule has 0 N–H and O–H groups in total. The molecule has 0 heterocycles. The van der Waals surface area contributed by atoms with Crippen LogP contribution in [0.3, 0.4) is 0 Å². The average Bonchev–Trinajstić information content (AvgIpc) is 1.95. The maximum absolute atomic E-state index is 13.2. The smallest absolute Gasteiger partial charge is 0.191 e. The molecule has 0 aliphatic heterocycles. The Labute approximate surface area is 83.5 Å². The Morgan fingerprint density at radius 2 is 1.57 bits per heavy atom. The van der Waals surface area contributed by atoms with Crippen LogP contribution in [0.5, 0.6) is 5.75 Å². The Morgan fingerprint density at radius 1 is 1.14 bits per heavy atom. The normalized spacial score (nSPS) is 11.5. The van der Waals surface area contributed by atoms with Crippen molar-refractivity contribution in [2.45, 2.75) is 26.4 Å². The van der Waals surface area contributed by atoms with Gasteiger partial charge in [0.05, 0.1) is 0 Å². The van der Waals surface area contributed by atoms with Gasteiger partial charge in [0.1, 0.15) is 13.4 Å². The Bertz CT molecular complexity index is 321. The summed E-state index contributed by atoms with van der Waals surface area (Å²) >= 11 is 0. The number of hydrogen-bond donors (Lipinski definition) is 0. The topological polar surface area (TPSA) is 9.23 Å². The third kappa shape index (κ3) is 2.72. The zero-order chi connectivity index (χ0) is 10.9. The summed E-state index contributed by atoms with van der Waals surface area (Å²) in [7, 11) is 5.26. The van der Waals surface area contributed by atoms with E-state index in [9.17, 15) is 8.78 Å². The maximum Gasteiger partial charge on any atom is 0.191 e. The summed E-state index contributed by atoms with van der Waals surface area (Å²) < 4.78 is 31.5. The third-order valence-electron chi connectivity index (χ3n) is 1.43. The van der Waals surface area contributed by atoms with Crippen molar-refractivity contribution in [1.82, 2.24) is 0 Å². The molecule has 0 aliphatic carbocycles. The van der Waals surface area contributed by atoms with E-state index in [0.29, 0.717) is 0 Å². The van der Waals surface area contributed by atoms with E-state index in [4.69, 9.17) is 12.6 Å². The molecule has 0 atom stereocenters. The molecule has 0 saturated carbocycles. The SMILES string of the molecule is [B]c1cc(F)c(OC(C)(C)C)c(F)c1. The minimum atomic E-state index is -0.780. The van der Waals surface area contributed by atoms with Crippen LogP contribution in [0.15, 0.2) is 12.1 Å². The van der Waals surface area contributed by atoms with Gasteiger partial charge < -0.3 is 4.74 Å². The molecule has 74 valence electrons. The predicted octanol–water partition coefficient (Wildman–Crippen LogP) is 1.94. The lowest BCUT2D eigenvalue weighted by Gasteiger charge is -2.22. The number of hydrogen-bond acceptors (Lipinski definition) is 1. The van der Waals surface area contributed by atoms with Gasteiger partial charge in [-0.1, -0.05) is 5.46 Å². The fourth-order valence-electron chi connectivity index (χ4n) is 0.983. The molecule has 1 aromatic rings. The lowest BCUT2D eigenvalue weighted by molar-refractivity contribution is 0.117. The summed E-state index contributed by atoms with van der Waals surface area (Å²) in [5, 5.41) is 0. The molecule has 1 aromatic carbocycles. The first-order valence-corrected chi connectivity index (χ1v) is 4.23. The number of benzene rings is 1. The summed E-state index contributed by atoms with van der Waals surface area (Å²) in [5.41, 5.74) is -0.598. The number of ether oxygens (including phenoxy) is 1. The molecule has 0 saturated heterocycles. The van der Waals surface area contributed by atoms with Crippen molar-refractivity contribution in [3.8, 4) is 5.75 Å². The van der Waals surface area contributed by atoms with Gasteiger partial charge >= 0.3 is 0 Å². The van der Waals surface area contributed by atoms with Crippen LogP contribution in [0.2, 0.25) is 0 Å². The first-order chi connectivity index (χ1) is 6.29. The lowest BCUT2D eigenvalue weighted by atomic mass is 9.96. The Kier molecular flexibility index (Phi) is 2.83. The van der Waals surface area contributed by atoms with Gasteiger partial charge in [-0.25, -0.2) is 8.78 Å². The van der Waals surface area contributed by atoms with Crippen molar-refractivity contribution in [3.63, 3.8) is 0 Å². The fourth-order valence-corrected chi connectivity index (χ4v) is 0.983. The van der Waals surface area contributed by atoms with E-state index in [1.165, 1.54) is 0 Å². The highest BCUT2D eigenvalue weighted by Gasteiger charge is 2.18. The molecule has 0 aliphatic rings. The van der Waals surface area contributed by atoms with Crippen molar-refractivity contribution in [3.05, 3.63) is 23.8 Å². The van der Waals surface area contributed by atoms with E-state index in [1.807, 2.05) is 0 Å². The summed E-state index contributed by atoms with van der Waals surface area (Å²) in [4.78, 5) is 0. The molecule has 1 nitrogen and oxygen atoms in total. The zero-order valence-electron chi connectivity index (χ0n) is 8.40. The Morgan fingerprint density at radius 3 is 1.93 bits per heavy atom. The van der Waals surface area contributed by atoms with Crippen molar-refractivity contribution in [2.75, 3.05) is 0 Å². The van der Waals surface area contributed by atoms with Crippen LogP contribution in [0, 0.1) is 11.6 Å². The van der Waals surface area contributed by atoms with E-state index in [2.05, 4.69) is 0 Å². The highest BCUT2D eigenvalue weighted by atomic mass is 19.1. The molecular formula is C10H11BF2O. The molecule has 0 amide bonds. The second kappa shape index (κ2) is 3.60. The fraction of sp³-hybridized carbons (Fsp3) is 0.400. The molecule has 14 heavy (non-hydrogen) atoms. The Hall–Kier alpha value is -1.06. The van der Waals surface area contributed by atoms with Crippen LogP contribution in [-0.4, -0.2) is 13.4 Å². The second-order valence-electron chi connectivity index (χ2n) is 4.03. The monoisotopic (exact) mass is 196 g/mol. The van der Waals surface area contributed by atoms with Crippen LogP contribution in [0.4, 0.5) is 8.78 Å². The van der Waals surface area contributed by atoms with Crippen LogP contribution in [0.25, 0.3) is 0 Å². The van der Waals surface area contributed by atoms with Crippen LogP contribution >= 0.6 is 0 Å². The Balaban J connectivity index is 3.09. The van der Waals surface area contributed by atoms with Gasteiger partial charge in [0.2, 0.25) is 0 Å². The van der Waals surface area contributed by atoms with E-state index in [0.717, 1.165) is 12.1 Å². The average molecular weight is 196 g/mol. The van der Waals surface area contributed by atoms with Crippen LogP contribution < -0.4 is 10.2 Å². The van der Waals surface area contributed by atoms with E-state index in [1.54, 1.807) is 20.8 Å². The van der Waals surface area contributed by atoms with Gasteiger partial charge in [-0.2, -0.15) is 0 Å². The first-order valence-electron chi connectivity index (χ1n) is 4.23. The highest BCUT2D eigenvalue weighted by molar-refractivity contribution is 6.32. The number of halogens is 2. The summed E-state index contributed by atoms with van der Waals surface area (Å²) in [6.07, 6.45) is 0. The minimum Gasteiger partial charge on any atom is -0.482 e. The van der Waals surface area contributed by atoms with E-state index in [-0.39, 0.29) is 11.2 Å². The summed E-state index contributed by atoms with van der Waals surface area (Å²) in [5.74, 6) is -1.94. The van der Waals surface area contributed by atoms with Gasteiger partial charge in [0.25, 0.3) is 0 Å². The van der Waals surface area contributed by atoms with Crippen LogP contribution in [-0.2, 0) is 0 Å². The largest absolute Gasteiger partial charge is 0.482 e. The minimum absolute atomic E-state index is 0.0428. The van der Waals surface area contributed by atoms with Crippen molar-refractivity contribution >= 4 is 13.3 Å². The van der Waals surface area contributed by atoms with Crippen LogP contribution in [0.1, 0.15) is 20.8 Å². The molecule has 1 rings (SSSR count). The third-order valence-corrected chi connectivity index (χ3v) is 1.43. The highest BCUT2D eigenvalue weighted by Crippen LogP contribution is 2.24. The maximum atomic E-state index is 13.2. The molecular weight excluding hydrogens is 185 g/mol. The number of rotatable bonds is 1. The molecule has 0 fully saturated rings. The van der Waals surface area contributed by atoms with Crippen molar-refractivity contribution in [2.24, 2.45) is 0 Å². The van der Waals surface area contributed by atoms with Gasteiger partial charge in [-0.05, 0) is 32.9 Å². The summed E-state index contributed by atoms with van der Waals surface area (Å²) in [6.45, 7) is 5.13. The second-order valence-corrected chi connectivity index (χ2v) is 4.03. The molecule has 0 spiro atoms. The molecule has 4 heteroatoms. The first kappa shape index (κ1) is 11.0. The zero-order valence-corrected chi connectivity index (χ0v) is 8.40. The lowest BCUT2D eigenvalue weighted by Crippen LogP contribution is -2.25. The van der Waals surface area contributed by atoms with Crippen molar-refractivity contribution < 1.29 is 13.5 Å². The molecule has 0 aromatic heterocycles.